The maximum absolute atomic E-state index is 12.1. The molecule has 0 aromatic heterocycles. The monoisotopic (exact) mass is 346 g/mol. The molecule has 2 rings (SSSR count). The molecule has 0 aliphatic carbocycles. The number of rotatable bonds is 4. The van der Waals surface area contributed by atoms with Gasteiger partial charge in [-0.15, -0.1) is 0 Å². The highest BCUT2D eigenvalue weighted by Crippen LogP contribution is 2.29. The molecule has 21 heavy (non-hydrogen) atoms. The normalized spacial score (nSPS) is 13.5. The first kappa shape index (κ1) is 15.6. The molecule has 2 aromatic carbocycles. The van der Waals surface area contributed by atoms with Gasteiger partial charge in [0.2, 0.25) is 5.91 Å². The Morgan fingerprint density at radius 1 is 1.14 bits per heavy atom. The van der Waals surface area contributed by atoms with Gasteiger partial charge in [-0.25, -0.2) is 0 Å². The molecular weight excluding hydrogens is 328 g/mol. The second-order valence-electron chi connectivity index (χ2n) is 5.44. The number of primary amides is 1. The molecule has 0 heterocycles. The third-order valence-electron chi connectivity index (χ3n) is 3.65. The van der Waals surface area contributed by atoms with Gasteiger partial charge in [-0.3, -0.25) is 4.79 Å². The van der Waals surface area contributed by atoms with Gasteiger partial charge in [0, 0.05) is 10.2 Å². The molecular formula is C17H19BrN2O. The number of hydrogen-bond acceptors (Lipinski definition) is 2. The van der Waals surface area contributed by atoms with Gasteiger partial charge in [0.25, 0.3) is 0 Å². The van der Waals surface area contributed by atoms with Crippen molar-refractivity contribution in [1.29, 1.82) is 0 Å². The summed E-state index contributed by atoms with van der Waals surface area (Å²) in [5, 5.41) is 3.26. The summed E-state index contributed by atoms with van der Waals surface area (Å²) < 4.78 is 0.986. The highest BCUT2D eigenvalue weighted by Gasteiger charge is 2.34. The minimum atomic E-state index is -0.953. The molecule has 1 atom stereocenters. The fraction of sp³-hybridized carbons (Fsp3) is 0.235. The summed E-state index contributed by atoms with van der Waals surface area (Å²) >= 11 is 3.40. The predicted molar refractivity (Wildman–Crippen MR) is 90.2 cm³/mol. The fourth-order valence-electron chi connectivity index (χ4n) is 2.46. The number of nitrogens with one attached hydrogen (secondary N) is 1. The van der Waals surface area contributed by atoms with Crippen LogP contribution in [0.1, 0.15) is 23.6 Å². The number of aryl methyl sites for hydroxylation is 2. The van der Waals surface area contributed by atoms with E-state index in [1.54, 1.807) is 0 Å². The topological polar surface area (TPSA) is 55.1 Å². The van der Waals surface area contributed by atoms with E-state index in [4.69, 9.17) is 5.73 Å². The number of hydrogen-bond donors (Lipinski definition) is 2. The van der Waals surface area contributed by atoms with Gasteiger partial charge in [-0.05, 0) is 56.2 Å². The molecule has 0 bridgehead atoms. The zero-order valence-electron chi connectivity index (χ0n) is 12.4. The molecule has 110 valence electrons. The van der Waals surface area contributed by atoms with E-state index in [-0.39, 0.29) is 0 Å². The van der Waals surface area contributed by atoms with Crippen molar-refractivity contribution < 1.29 is 4.79 Å². The molecule has 1 unspecified atom stereocenters. The lowest BCUT2D eigenvalue weighted by molar-refractivity contribution is -0.122. The van der Waals surface area contributed by atoms with E-state index < -0.39 is 11.4 Å². The molecule has 1 amide bonds. The summed E-state index contributed by atoms with van der Waals surface area (Å²) in [6.07, 6.45) is 0. The summed E-state index contributed by atoms with van der Waals surface area (Å²) in [6, 6.07) is 13.7. The van der Waals surface area contributed by atoms with Crippen molar-refractivity contribution >= 4 is 27.5 Å². The molecule has 2 aromatic rings. The summed E-state index contributed by atoms with van der Waals surface area (Å²) in [5.41, 5.74) is 8.66. The quantitative estimate of drug-likeness (QED) is 0.882. The zero-order chi connectivity index (χ0) is 15.6. The highest BCUT2D eigenvalue weighted by molar-refractivity contribution is 9.10. The number of halogens is 1. The van der Waals surface area contributed by atoms with Crippen molar-refractivity contribution in [2.75, 3.05) is 5.32 Å². The minimum Gasteiger partial charge on any atom is -0.368 e. The lowest BCUT2D eigenvalue weighted by atomic mass is 9.86. The van der Waals surface area contributed by atoms with Crippen LogP contribution in [0.5, 0.6) is 0 Å². The standard InChI is InChI=1S/C17H19BrN2O/c1-11-4-9-15(12(2)10-11)17(3,16(19)21)20-14-7-5-13(18)6-8-14/h4-10,20H,1-3H3,(H2,19,21). The Morgan fingerprint density at radius 2 is 1.76 bits per heavy atom. The summed E-state index contributed by atoms with van der Waals surface area (Å²) in [7, 11) is 0. The van der Waals surface area contributed by atoms with Crippen LogP contribution in [0.2, 0.25) is 0 Å². The van der Waals surface area contributed by atoms with E-state index in [2.05, 4.69) is 27.3 Å². The first-order chi connectivity index (χ1) is 9.83. The van der Waals surface area contributed by atoms with Gasteiger partial charge in [0.05, 0.1) is 0 Å². The zero-order valence-corrected chi connectivity index (χ0v) is 14.0. The Morgan fingerprint density at radius 3 is 2.29 bits per heavy atom. The Kier molecular flexibility index (Phi) is 4.37. The molecule has 3 nitrogen and oxygen atoms in total. The number of nitrogens with two attached hydrogens (primary N) is 1. The van der Waals surface area contributed by atoms with E-state index in [0.717, 1.165) is 26.9 Å². The van der Waals surface area contributed by atoms with Crippen LogP contribution in [0, 0.1) is 13.8 Å². The Labute approximate surface area is 133 Å². The van der Waals surface area contributed by atoms with Gasteiger partial charge in [-0.1, -0.05) is 39.7 Å². The van der Waals surface area contributed by atoms with Gasteiger partial charge in [0.15, 0.2) is 0 Å². The third-order valence-corrected chi connectivity index (χ3v) is 4.18. The van der Waals surface area contributed by atoms with Crippen LogP contribution in [0.3, 0.4) is 0 Å². The molecule has 3 N–H and O–H groups in total. The molecule has 4 heteroatoms. The van der Waals surface area contributed by atoms with Crippen LogP contribution in [0.15, 0.2) is 46.9 Å². The molecule has 0 saturated carbocycles. The molecule has 0 saturated heterocycles. The van der Waals surface area contributed by atoms with Crippen molar-refractivity contribution in [1.82, 2.24) is 0 Å². The molecule has 0 fully saturated rings. The van der Waals surface area contributed by atoms with Crippen LogP contribution in [-0.4, -0.2) is 5.91 Å². The average Bonchev–Trinajstić information content (AvgIpc) is 2.41. The molecule has 0 radical (unpaired) electrons. The number of benzene rings is 2. The van der Waals surface area contributed by atoms with Crippen LogP contribution < -0.4 is 11.1 Å². The fourth-order valence-corrected chi connectivity index (χ4v) is 2.72. The minimum absolute atomic E-state index is 0.405. The number of amides is 1. The maximum atomic E-state index is 12.1. The maximum Gasteiger partial charge on any atom is 0.247 e. The van der Waals surface area contributed by atoms with E-state index in [1.165, 1.54) is 0 Å². The van der Waals surface area contributed by atoms with Crippen molar-refractivity contribution in [2.24, 2.45) is 5.73 Å². The lowest BCUT2D eigenvalue weighted by Gasteiger charge is -2.31. The van der Waals surface area contributed by atoms with Gasteiger partial charge < -0.3 is 11.1 Å². The molecule has 0 aliphatic heterocycles. The number of carbonyl (C=O) groups is 1. The summed E-state index contributed by atoms with van der Waals surface area (Å²) in [6.45, 7) is 5.84. The largest absolute Gasteiger partial charge is 0.368 e. The van der Waals surface area contributed by atoms with Crippen molar-refractivity contribution in [3.05, 3.63) is 63.6 Å². The van der Waals surface area contributed by atoms with E-state index in [1.807, 2.05) is 57.2 Å². The Balaban J connectivity index is 2.45. The summed E-state index contributed by atoms with van der Waals surface area (Å²) in [5.74, 6) is -0.405. The van der Waals surface area contributed by atoms with Crippen molar-refractivity contribution in [3.8, 4) is 0 Å². The Hall–Kier alpha value is -1.81. The second kappa shape index (κ2) is 5.90. The van der Waals surface area contributed by atoms with E-state index in [9.17, 15) is 4.79 Å². The summed E-state index contributed by atoms with van der Waals surface area (Å²) in [4.78, 5) is 12.1. The lowest BCUT2D eigenvalue weighted by Crippen LogP contribution is -2.45. The van der Waals surface area contributed by atoms with Crippen LogP contribution >= 0.6 is 15.9 Å². The third kappa shape index (κ3) is 3.27. The Bertz CT molecular complexity index is 667. The average molecular weight is 347 g/mol. The SMILES string of the molecule is Cc1ccc(C(C)(Nc2ccc(Br)cc2)C(N)=O)c(C)c1. The molecule has 0 aliphatic rings. The van der Waals surface area contributed by atoms with Crippen molar-refractivity contribution in [2.45, 2.75) is 26.3 Å². The molecule has 0 spiro atoms. The van der Waals surface area contributed by atoms with Crippen molar-refractivity contribution in [3.63, 3.8) is 0 Å². The van der Waals surface area contributed by atoms with Gasteiger partial charge in [0.1, 0.15) is 5.54 Å². The second-order valence-corrected chi connectivity index (χ2v) is 6.36. The predicted octanol–water partition coefficient (Wildman–Crippen LogP) is 3.88. The van der Waals surface area contributed by atoms with Crippen LogP contribution in [0.25, 0.3) is 0 Å². The van der Waals surface area contributed by atoms with E-state index >= 15 is 0 Å². The van der Waals surface area contributed by atoms with Crippen LogP contribution in [-0.2, 0) is 10.3 Å². The first-order valence-corrected chi connectivity index (χ1v) is 7.53. The number of carbonyl (C=O) groups excluding carboxylic acids is 1. The first-order valence-electron chi connectivity index (χ1n) is 6.74. The highest BCUT2D eigenvalue weighted by atomic mass is 79.9. The van der Waals surface area contributed by atoms with Crippen LogP contribution in [0.4, 0.5) is 5.69 Å². The number of anilines is 1. The van der Waals surface area contributed by atoms with E-state index in [0.29, 0.717) is 0 Å². The van der Waals surface area contributed by atoms with Gasteiger partial charge in [-0.2, -0.15) is 0 Å². The smallest absolute Gasteiger partial charge is 0.247 e. The van der Waals surface area contributed by atoms with Gasteiger partial charge >= 0.3 is 0 Å².